The molecule has 0 spiro atoms. The van der Waals surface area contributed by atoms with Gasteiger partial charge in [-0.05, 0) is 32.9 Å². The van der Waals surface area contributed by atoms with Gasteiger partial charge >= 0.3 is 6.03 Å². The number of carbonyl (C=O) groups excluding carboxylic acids is 1. The third kappa shape index (κ3) is 5.17. The Hall–Kier alpha value is -3.48. The largest absolute Gasteiger partial charge is 0.497 e. The lowest BCUT2D eigenvalue weighted by Gasteiger charge is -2.27. The fraction of sp³-hybridized carbons (Fsp3) is 0.333. The molecule has 1 heterocycles. The van der Waals surface area contributed by atoms with Crippen molar-refractivity contribution in [3.8, 4) is 28.6 Å². The summed E-state index contributed by atoms with van der Waals surface area (Å²) in [5.74, 6) is 1.93. The van der Waals surface area contributed by atoms with Crippen LogP contribution < -0.4 is 14.8 Å². The molecular weight excluding hydrogens is 392 g/mol. The number of benzene rings is 2. The van der Waals surface area contributed by atoms with Gasteiger partial charge in [0.1, 0.15) is 17.2 Å². The molecule has 0 saturated heterocycles. The average molecular weight is 423 g/mol. The fourth-order valence-electron chi connectivity index (χ4n) is 3.34. The van der Waals surface area contributed by atoms with Crippen LogP contribution in [0.25, 0.3) is 11.3 Å². The molecule has 0 aliphatic rings. The van der Waals surface area contributed by atoms with Crippen molar-refractivity contribution >= 4 is 6.03 Å². The molecule has 0 bridgehead atoms. The summed E-state index contributed by atoms with van der Waals surface area (Å²) < 4.78 is 13.3. The molecule has 2 amide bonds. The highest BCUT2D eigenvalue weighted by molar-refractivity contribution is 5.75. The SMILES string of the molecule is CCNC(=O)N(Cc1c(-c2ccccc2)nn(C)c1Oc1cccc(OC)c1)C(C)C. The van der Waals surface area contributed by atoms with Crippen molar-refractivity contribution < 1.29 is 14.3 Å². The van der Waals surface area contributed by atoms with Gasteiger partial charge in [0.25, 0.3) is 0 Å². The Morgan fingerprint density at radius 1 is 1.13 bits per heavy atom. The molecule has 164 valence electrons. The second kappa shape index (κ2) is 10.0. The molecule has 0 atom stereocenters. The molecule has 2 aromatic carbocycles. The summed E-state index contributed by atoms with van der Waals surface area (Å²) >= 11 is 0. The van der Waals surface area contributed by atoms with Crippen molar-refractivity contribution in [3.63, 3.8) is 0 Å². The van der Waals surface area contributed by atoms with E-state index >= 15 is 0 Å². The quantitative estimate of drug-likeness (QED) is 0.565. The maximum atomic E-state index is 12.7. The Morgan fingerprint density at radius 3 is 2.48 bits per heavy atom. The molecule has 0 saturated carbocycles. The van der Waals surface area contributed by atoms with Crippen molar-refractivity contribution in [1.82, 2.24) is 20.0 Å². The van der Waals surface area contributed by atoms with E-state index < -0.39 is 0 Å². The first kappa shape index (κ1) is 22.2. The average Bonchev–Trinajstić information content (AvgIpc) is 3.07. The standard InChI is InChI=1S/C24H30N4O3/c1-6-25-24(29)28(17(2)3)16-21-22(18-11-8-7-9-12-18)26-27(4)23(21)31-20-14-10-13-19(15-20)30-5/h7-15,17H,6,16H2,1-5H3,(H,25,29). The molecule has 0 aliphatic carbocycles. The third-order valence-electron chi connectivity index (χ3n) is 4.93. The predicted molar refractivity (Wildman–Crippen MR) is 121 cm³/mol. The summed E-state index contributed by atoms with van der Waals surface area (Å²) in [5.41, 5.74) is 2.60. The molecule has 3 rings (SSSR count). The summed E-state index contributed by atoms with van der Waals surface area (Å²) in [6.07, 6.45) is 0. The summed E-state index contributed by atoms with van der Waals surface area (Å²) in [6, 6.07) is 17.2. The van der Waals surface area contributed by atoms with Gasteiger partial charge in [-0.3, -0.25) is 0 Å². The molecular formula is C24H30N4O3. The minimum atomic E-state index is -0.118. The van der Waals surface area contributed by atoms with E-state index in [9.17, 15) is 4.79 Å². The van der Waals surface area contributed by atoms with Crippen molar-refractivity contribution in [1.29, 1.82) is 0 Å². The van der Waals surface area contributed by atoms with Crippen molar-refractivity contribution in [3.05, 3.63) is 60.2 Å². The molecule has 0 unspecified atom stereocenters. The van der Waals surface area contributed by atoms with E-state index in [1.54, 1.807) is 16.7 Å². The maximum absolute atomic E-state index is 12.7. The number of rotatable bonds is 8. The number of hydrogen-bond donors (Lipinski definition) is 1. The molecule has 0 fully saturated rings. The van der Waals surface area contributed by atoms with Crippen molar-refractivity contribution in [2.45, 2.75) is 33.4 Å². The number of aromatic nitrogens is 2. The van der Waals surface area contributed by atoms with E-state index in [4.69, 9.17) is 14.6 Å². The third-order valence-corrected chi connectivity index (χ3v) is 4.93. The molecule has 7 nitrogen and oxygen atoms in total. The first-order valence-electron chi connectivity index (χ1n) is 10.4. The summed E-state index contributed by atoms with van der Waals surface area (Å²) in [4.78, 5) is 14.5. The zero-order chi connectivity index (χ0) is 22.4. The van der Waals surface area contributed by atoms with E-state index in [1.165, 1.54) is 0 Å². The van der Waals surface area contributed by atoms with Gasteiger partial charge in [0, 0.05) is 31.3 Å². The van der Waals surface area contributed by atoms with Gasteiger partial charge in [-0.25, -0.2) is 9.48 Å². The van der Waals surface area contributed by atoms with Crippen molar-refractivity contribution in [2.24, 2.45) is 7.05 Å². The Labute approximate surface area is 183 Å². The number of nitrogens with one attached hydrogen (secondary N) is 1. The van der Waals surface area contributed by atoms with Crippen LogP contribution in [0.5, 0.6) is 17.4 Å². The maximum Gasteiger partial charge on any atom is 0.317 e. The first-order valence-corrected chi connectivity index (χ1v) is 10.4. The van der Waals surface area contributed by atoms with Crippen LogP contribution in [0, 0.1) is 0 Å². The summed E-state index contributed by atoms with van der Waals surface area (Å²) in [6.45, 7) is 6.83. The van der Waals surface area contributed by atoms with Gasteiger partial charge < -0.3 is 19.7 Å². The smallest absolute Gasteiger partial charge is 0.317 e. The molecule has 31 heavy (non-hydrogen) atoms. The minimum Gasteiger partial charge on any atom is -0.497 e. The van der Waals surface area contributed by atoms with Crippen LogP contribution in [-0.4, -0.2) is 40.4 Å². The van der Waals surface area contributed by atoms with E-state index in [1.807, 2.05) is 82.4 Å². The van der Waals surface area contributed by atoms with Crippen LogP contribution in [0.15, 0.2) is 54.6 Å². The lowest BCUT2D eigenvalue weighted by molar-refractivity contribution is 0.180. The summed E-state index contributed by atoms with van der Waals surface area (Å²) in [5, 5.41) is 7.64. The Balaban J connectivity index is 2.07. The number of methoxy groups -OCH3 is 1. The van der Waals surface area contributed by atoms with Crippen LogP contribution in [0.2, 0.25) is 0 Å². The molecule has 7 heteroatoms. The Morgan fingerprint density at radius 2 is 1.84 bits per heavy atom. The number of carbonyl (C=O) groups is 1. The van der Waals surface area contributed by atoms with Gasteiger partial charge in [0.15, 0.2) is 0 Å². The topological polar surface area (TPSA) is 68.6 Å². The number of urea groups is 1. The van der Waals surface area contributed by atoms with Crippen LogP contribution >= 0.6 is 0 Å². The van der Waals surface area contributed by atoms with Gasteiger partial charge in [-0.1, -0.05) is 36.4 Å². The van der Waals surface area contributed by atoms with Crippen LogP contribution in [-0.2, 0) is 13.6 Å². The van der Waals surface area contributed by atoms with Gasteiger partial charge in [0.05, 0.1) is 19.2 Å². The second-order valence-electron chi connectivity index (χ2n) is 7.46. The van der Waals surface area contributed by atoms with Gasteiger partial charge in [-0.15, -0.1) is 0 Å². The number of amides is 2. The molecule has 3 aromatic rings. The van der Waals surface area contributed by atoms with Crippen molar-refractivity contribution in [2.75, 3.05) is 13.7 Å². The van der Waals surface area contributed by atoms with Crippen LogP contribution in [0.1, 0.15) is 26.3 Å². The Bertz CT molecular complexity index is 1010. The second-order valence-corrected chi connectivity index (χ2v) is 7.46. The predicted octanol–water partition coefficient (Wildman–Crippen LogP) is 4.83. The van der Waals surface area contributed by atoms with Crippen LogP contribution in [0.4, 0.5) is 4.79 Å². The minimum absolute atomic E-state index is 0.0000452. The lowest BCUT2D eigenvalue weighted by atomic mass is 10.1. The van der Waals surface area contributed by atoms with E-state index in [0.717, 1.165) is 16.8 Å². The normalized spacial score (nSPS) is 10.8. The number of aryl methyl sites for hydroxylation is 1. The van der Waals surface area contributed by atoms with Gasteiger partial charge in [0.2, 0.25) is 5.88 Å². The van der Waals surface area contributed by atoms with E-state index in [2.05, 4.69) is 5.32 Å². The zero-order valence-electron chi connectivity index (χ0n) is 18.8. The highest BCUT2D eigenvalue weighted by Crippen LogP contribution is 2.35. The first-order chi connectivity index (χ1) is 14.9. The highest BCUT2D eigenvalue weighted by atomic mass is 16.5. The van der Waals surface area contributed by atoms with Gasteiger partial charge in [-0.2, -0.15) is 5.10 Å². The zero-order valence-corrected chi connectivity index (χ0v) is 18.8. The van der Waals surface area contributed by atoms with E-state index in [-0.39, 0.29) is 12.1 Å². The van der Waals surface area contributed by atoms with Crippen LogP contribution in [0.3, 0.4) is 0 Å². The number of ether oxygens (including phenoxy) is 2. The summed E-state index contributed by atoms with van der Waals surface area (Å²) in [7, 11) is 3.46. The molecule has 0 aliphatic heterocycles. The number of hydrogen-bond acceptors (Lipinski definition) is 4. The monoisotopic (exact) mass is 422 g/mol. The fourth-order valence-corrected chi connectivity index (χ4v) is 3.34. The van der Waals surface area contributed by atoms with E-state index in [0.29, 0.717) is 30.5 Å². The molecule has 1 aromatic heterocycles. The molecule has 0 radical (unpaired) electrons. The highest BCUT2D eigenvalue weighted by Gasteiger charge is 2.25. The molecule has 1 N–H and O–H groups in total. The number of nitrogens with zero attached hydrogens (tertiary/aromatic N) is 3. The lowest BCUT2D eigenvalue weighted by Crippen LogP contribution is -2.43. The Kier molecular flexibility index (Phi) is 7.18.